The predicted molar refractivity (Wildman–Crippen MR) is 69.4 cm³/mol. The molecule has 1 unspecified atom stereocenters. The van der Waals surface area contributed by atoms with Crippen LogP contribution in [0.2, 0.25) is 0 Å². The molecule has 0 aromatic carbocycles. The molecule has 96 valence electrons. The number of rotatable bonds is 8. The Morgan fingerprint density at radius 3 is 2.94 bits per heavy atom. The molecule has 0 aliphatic rings. The molecule has 0 aliphatic heterocycles. The van der Waals surface area contributed by atoms with E-state index in [-0.39, 0.29) is 0 Å². The first-order valence-electron chi connectivity index (χ1n) is 6.10. The summed E-state index contributed by atoms with van der Waals surface area (Å²) in [5.41, 5.74) is 0. The Labute approximate surface area is 103 Å². The largest absolute Gasteiger partial charge is 0.478 e. The first kappa shape index (κ1) is 13.7. The van der Waals surface area contributed by atoms with Crippen LogP contribution in [0.25, 0.3) is 0 Å². The second-order valence-electron chi connectivity index (χ2n) is 4.11. The zero-order chi connectivity index (χ0) is 12.5. The zero-order valence-corrected chi connectivity index (χ0v) is 10.9. The van der Waals surface area contributed by atoms with E-state index in [1.165, 1.54) is 0 Å². The van der Waals surface area contributed by atoms with Gasteiger partial charge in [0.2, 0.25) is 11.8 Å². The normalized spacial score (nSPS) is 12.2. The molecule has 1 rings (SSSR count). The smallest absolute Gasteiger partial charge is 0.225 e. The van der Waals surface area contributed by atoms with Crippen LogP contribution in [0.15, 0.2) is 12.3 Å². The van der Waals surface area contributed by atoms with E-state index in [0.29, 0.717) is 24.4 Å². The summed E-state index contributed by atoms with van der Waals surface area (Å²) < 4.78 is 5.45. The molecule has 5 nitrogen and oxygen atoms in total. The van der Waals surface area contributed by atoms with Crippen LogP contribution in [-0.4, -0.2) is 36.7 Å². The van der Waals surface area contributed by atoms with E-state index in [1.54, 1.807) is 12.3 Å². The molecule has 0 bridgehead atoms. The van der Waals surface area contributed by atoms with Crippen molar-refractivity contribution < 1.29 is 4.74 Å². The molecule has 1 aromatic rings. The van der Waals surface area contributed by atoms with Gasteiger partial charge in [-0.25, -0.2) is 4.98 Å². The fraction of sp³-hybridized carbons (Fsp3) is 0.667. The van der Waals surface area contributed by atoms with Crippen molar-refractivity contribution in [1.82, 2.24) is 15.3 Å². The van der Waals surface area contributed by atoms with Gasteiger partial charge in [-0.1, -0.05) is 13.8 Å². The van der Waals surface area contributed by atoms with E-state index in [1.807, 2.05) is 7.05 Å². The molecule has 0 radical (unpaired) electrons. The number of ether oxygens (including phenoxy) is 1. The molecule has 17 heavy (non-hydrogen) atoms. The minimum absolute atomic E-state index is 0.531. The highest BCUT2D eigenvalue weighted by Crippen LogP contribution is 2.08. The Morgan fingerprint density at radius 1 is 1.41 bits per heavy atom. The molecule has 0 saturated heterocycles. The number of hydrogen-bond donors (Lipinski definition) is 2. The van der Waals surface area contributed by atoms with Crippen LogP contribution in [0.5, 0.6) is 5.88 Å². The van der Waals surface area contributed by atoms with E-state index in [2.05, 4.69) is 34.4 Å². The standard InChI is InChI=1S/C12H22N4O/c1-4-7-17-11-5-6-14-12(16-11)15-9-10(2)8-13-3/h5-6,10,13H,4,7-9H2,1-3H3,(H,14,15,16). The molecule has 1 aromatic heterocycles. The first-order valence-corrected chi connectivity index (χ1v) is 6.10. The Balaban J connectivity index is 2.42. The van der Waals surface area contributed by atoms with E-state index >= 15 is 0 Å². The van der Waals surface area contributed by atoms with Gasteiger partial charge in [-0.05, 0) is 25.9 Å². The van der Waals surface area contributed by atoms with Gasteiger partial charge in [-0.2, -0.15) is 4.98 Å². The summed E-state index contributed by atoms with van der Waals surface area (Å²) in [5.74, 6) is 1.79. The SMILES string of the molecule is CCCOc1ccnc(NCC(C)CNC)n1. The van der Waals surface area contributed by atoms with Crippen molar-refractivity contribution in [2.75, 3.05) is 32.1 Å². The topological polar surface area (TPSA) is 59.1 Å². The maximum absolute atomic E-state index is 5.45. The monoisotopic (exact) mass is 238 g/mol. The molecule has 0 saturated carbocycles. The molecule has 0 amide bonds. The van der Waals surface area contributed by atoms with Crippen LogP contribution in [0.1, 0.15) is 20.3 Å². The van der Waals surface area contributed by atoms with Crippen molar-refractivity contribution in [3.8, 4) is 5.88 Å². The molecule has 0 spiro atoms. The first-order chi connectivity index (χ1) is 8.26. The summed E-state index contributed by atoms with van der Waals surface area (Å²) in [7, 11) is 1.95. The summed E-state index contributed by atoms with van der Waals surface area (Å²) in [5, 5.41) is 6.34. The second-order valence-corrected chi connectivity index (χ2v) is 4.11. The fourth-order valence-electron chi connectivity index (χ4n) is 1.40. The van der Waals surface area contributed by atoms with Gasteiger partial charge in [-0.15, -0.1) is 0 Å². The summed E-state index contributed by atoms with van der Waals surface area (Å²) in [6.07, 6.45) is 2.69. The van der Waals surface area contributed by atoms with E-state index < -0.39 is 0 Å². The summed E-state index contributed by atoms with van der Waals surface area (Å²) in [6, 6.07) is 1.78. The number of nitrogens with one attached hydrogen (secondary N) is 2. The highest BCUT2D eigenvalue weighted by atomic mass is 16.5. The van der Waals surface area contributed by atoms with Gasteiger partial charge in [0, 0.05) is 18.8 Å². The van der Waals surface area contributed by atoms with E-state index in [0.717, 1.165) is 19.5 Å². The fourth-order valence-corrected chi connectivity index (χ4v) is 1.40. The maximum Gasteiger partial charge on any atom is 0.225 e. The molecule has 1 heterocycles. The number of aromatic nitrogens is 2. The Bertz CT molecular complexity index is 319. The van der Waals surface area contributed by atoms with Gasteiger partial charge >= 0.3 is 0 Å². The van der Waals surface area contributed by atoms with Crippen molar-refractivity contribution >= 4 is 5.95 Å². The van der Waals surface area contributed by atoms with Gasteiger partial charge in [0.1, 0.15) is 0 Å². The lowest BCUT2D eigenvalue weighted by Crippen LogP contribution is -2.23. The van der Waals surface area contributed by atoms with E-state index in [4.69, 9.17) is 4.74 Å². The lowest BCUT2D eigenvalue weighted by atomic mass is 10.2. The molecule has 0 aliphatic carbocycles. The average molecular weight is 238 g/mol. The number of nitrogens with zero attached hydrogens (tertiary/aromatic N) is 2. The molecule has 2 N–H and O–H groups in total. The van der Waals surface area contributed by atoms with Crippen molar-refractivity contribution in [2.45, 2.75) is 20.3 Å². The van der Waals surface area contributed by atoms with Crippen LogP contribution >= 0.6 is 0 Å². The lowest BCUT2D eigenvalue weighted by molar-refractivity contribution is 0.305. The molecular formula is C12H22N4O. The summed E-state index contributed by atoms with van der Waals surface area (Å²) in [4.78, 5) is 8.43. The maximum atomic E-state index is 5.45. The Kier molecular flexibility index (Phi) is 6.32. The van der Waals surface area contributed by atoms with Gasteiger partial charge in [-0.3, -0.25) is 0 Å². The molecule has 0 fully saturated rings. The molecule has 1 atom stereocenters. The third-order valence-electron chi connectivity index (χ3n) is 2.25. The highest BCUT2D eigenvalue weighted by molar-refractivity contribution is 5.27. The Morgan fingerprint density at radius 2 is 2.24 bits per heavy atom. The van der Waals surface area contributed by atoms with Crippen molar-refractivity contribution in [1.29, 1.82) is 0 Å². The van der Waals surface area contributed by atoms with Crippen molar-refractivity contribution in [3.05, 3.63) is 12.3 Å². The van der Waals surface area contributed by atoms with Gasteiger partial charge in [0.05, 0.1) is 6.61 Å². The third kappa shape index (κ3) is 5.49. The van der Waals surface area contributed by atoms with Crippen LogP contribution in [0, 0.1) is 5.92 Å². The zero-order valence-electron chi connectivity index (χ0n) is 10.9. The predicted octanol–water partition coefficient (Wildman–Crippen LogP) is 1.53. The van der Waals surface area contributed by atoms with Crippen LogP contribution in [-0.2, 0) is 0 Å². The minimum atomic E-state index is 0.531. The van der Waals surface area contributed by atoms with Gasteiger partial charge in [0.15, 0.2) is 0 Å². The Hall–Kier alpha value is -1.36. The molecular weight excluding hydrogens is 216 g/mol. The number of anilines is 1. The second kappa shape index (κ2) is 7.84. The quantitative estimate of drug-likeness (QED) is 0.719. The highest BCUT2D eigenvalue weighted by Gasteiger charge is 2.03. The van der Waals surface area contributed by atoms with Crippen molar-refractivity contribution in [2.24, 2.45) is 5.92 Å². The third-order valence-corrected chi connectivity index (χ3v) is 2.25. The average Bonchev–Trinajstić information content (AvgIpc) is 2.35. The minimum Gasteiger partial charge on any atom is -0.478 e. The lowest BCUT2D eigenvalue weighted by Gasteiger charge is -2.12. The summed E-state index contributed by atoms with van der Waals surface area (Å²) in [6.45, 7) is 6.74. The molecule has 5 heteroatoms. The van der Waals surface area contributed by atoms with E-state index in [9.17, 15) is 0 Å². The number of hydrogen-bond acceptors (Lipinski definition) is 5. The van der Waals surface area contributed by atoms with Crippen LogP contribution < -0.4 is 15.4 Å². The van der Waals surface area contributed by atoms with Crippen LogP contribution in [0.4, 0.5) is 5.95 Å². The van der Waals surface area contributed by atoms with Gasteiger partial charge < -0.3 is 15.4 Å². The summed E-state index contributed by atoms with van der Waals surface area (Å²) >= 11 is 0. The van der Waals surface area contributed by atoms with Gasteiger partial charge in [0.25, 0.3) is 0 Å². The van der Waals surface area contributed by atoms with Crippen molar-refractivity contribution in [3.63, 3.8) is 0 Å². The van der Waals surface area contributed by atoms with Crippen LogP contribution in [0.3, 0.4) is 0 Å².